The van der Waals surface area contributed by atoms with E-state index in [1.165, 1.54) is 12.1 Å². The van der Waals surface area contributed by atoms with Gasteiger partial charge in [-0.2, -0.15) is 0 Å². The molecule has 1 aromatic heterocycles. The minimum Gasteiger partial charge on any atom is -0.326 e. The molecule has 2 nitrogen and oxygen atoms in total. The molecule has 0 fully saturated rings. The third-order valence-corrected chi connectivity index (χ3v) is 2.65. The largest absolute Gasteiger partial charge is 0.326 e. The second-order valence-electron chi connectivity index (χ2n) is 3.98. The summed E-state index contributed by atoms with van der Waals surface area (Å²) in [5.74, 6) is -0.261. The Morgan fingerprint density at radius 2 is 2.33 bits per heavy atom. The van der Waals surface area contributed by atoms with Crippen LogP contribution in [-0.2, 0) is 6.54 Å². The van der Waals surface area contributed by atoms with Crippen molar-refractivity contribution in [2.45, 2.75) is 13.5 Å². The summed E-state index contributed by atoms with van der Waals surface area (Å²) in [5.41, 5.74) is 2.72. The predicted molar refractivity (Wildman–Crippen MR) is 72.8 cm³/mol. The first kappa shape index (κ1) is 12.3. The first-order valence-corrected chi connectivity index (χ1v) is 5.79. The van der Waals surface area contributed by atoms with Gasteiger partial charge in [-0.25, -0.2) is 9.37 Å². The topological polar surface area (TPSA) is 17.8 Å². The molecule has 0 N–H and O–H groups in total. The number of imidazole rings is 1. The standard InChI is InChI=1S/C15H15FN2/c1-3-5-12(6-4-2)10-18-11-17-14-9-13(16)7-8-15(14)18/h3-9,11H,1,10H2,2H3/b6-4-,12-5+. The Kier molecular flexibility index (Phi) is 3.72. The minimum atomic E-state index is -0.261. The second-order valence-corrected chi connectivity index (χ2v) is 3.98. The smallest absolute Gasteiger partial charge is 0.125 e. The molecule has 0 amide bonds. The molecule has 1 aromatic carbocycles. The third-order valence-electron chi connectivity index (χ3n) is 2.65. The van der Waals surface area contributed by atoms with Crippen LogP contribution in [0, 0.1) is 5.82 Å². The van der Waals surface area contributed by atoms with Gasteiger partial charge >= 0.3 is 0 Å². The van der Waals surface area contributed by atoms with Gasteiger partial charge in [0.15, 0.2) is 0 Å². The molecule has 0 saturated carbocycles. The highest BCUT2D eigenvalue weighted by Gasteiger charge is 2.04. The van der Waals surface area contributed by atoms with Gasteiger partial charge in [-0.15, -0.1) is 0 Å². The Morgan fingerprint density at radius 1 is 1.50 bits per heavy atom. The van der Waals surface area contributed by atoms with E-state index in [2.05, 4.69) is 11.6 Å². The van der Waals surface area contributed by atoms with Gasteiger partial charge in [-0.05, 0) is 24.6 Å². The zero-order valence-electron chi connectivity index (χ0n) is 10.3. The lowest BCUT2D eigenvalue weighted by molar-refractivity contribution is 0.629. The third kappa shape index (κ3) is 2.56. The maximum absolute atomic E-state index is 13.1. The molecule has 0 spiro atoms. The van der Waals surface area contributed by atoms with Crippen molar-refractivity contribution in [2.24, 2.45) is 0 Å². The average Bonchev–Trinajstić information content (AvgIpc) is 2.72. The van der Waals surface area contributed by atoms with Crippen LogP contribution in [0.25, 0.3) is 11.0 Å². The van der Waals surface area contributed by atoms with Crippen LogP contribution >= 0.6 is 0 Å². The van der Waals surface area contributed by atoms with Crippen molar-refractivity contribution >= 4 is 11.0 Å². The maximum atomic E-state index is 13.1. The number of aromatic nitrogens is 2. The summed E-state index contributed by atoms with van der Waals surface area (Å²) in [7, 11) is 0. The fourth-order valence-electron chi connectivity index (χ4n) is 1.89. The van der Waals surface area contributed by atoms with Crippen molar-refractivity contribution in [1.29, 1.82) is 0 Å². The molecular formula is C15H15FN2. The van der Waals surface area contributed by atoms with Crippen LogP contribution in [0.5, 0.6) is 0 Å². The number of allylic oxidation sites excluding steroid dienone is 5. The van der Waals surface area contributed by atoms with E-state index in [1.807, 2.05) is 29.7 Å². The highest BCUT2D eigenvalue weighted by atomic mass is 19.1. The molecule has 92 valence electrons. The van der Waals surface area contributed by atoms with Crippen LogP contribution in [0.15, 0.2) is 61.0 Å². The van der Waals surface area contributed by atoms with E-state index in [1.54, 1.807) is 18.5 Å². The van der Waals surface area contributed by atoms with Crippen molar-refractivity contribution in [2.75, 3.05) is 0 Å². The second kappa shape index (κ2) is 5.45. The van der Waals surface area contributed by atoms with E-state index >= 15 is 0 Å². The summed E-state index contributed by atoms with van der Waals surface area (Å²) in [6.45, 7) is 6.36. The fourth-order valence-corrected chi connectivity index (χ4v) is 1.89. The van der Waals surface area contributed by atoms with E-state index < -0.39 is 0 Å². The van der Waals surface area contributed by atoms with Gasteiger partial charge in [-0.3, -0.25) is 0 Å². The van der Waals surface area contributed by atoms with Crippen molar-refractivity contribution in [3.8, 4) is 0 Å². The zero-order valence-corrected chi connectivity index (χ0v) is 10.3. The fraction of sp³-hybridized carbons (Fsp3) is 0.133. The Morgan fingerprint density at radius 3 is 3.06 bits per heavy atom. The number of hydrogen-bond acceptors (Lipinski definition) is 1. The Balaban J connectivity index is 2.37. The van der Waals surface area contributed by atoms with E-state index in [-0.39, 0.29) is 5.82 Å². The number of fused-ring (bicyclic) bond motifs is 1. The minimum absolute atomic E-state index is 0.261. The average molecular weight is 242 g/mol. The van der Waals surface area contributed by atoms with Crippen LogP contribution in [0.2, 0.25) is 0 Å². The number of nitrogens with zero attached hydrogens (tertiary/aromatic N) is 2. The van der Waals surface area contributed by atoms with Crippen LogP contribution in [0.1, 0.15) is 6.92 Å². The molecule has 0 atom stereocenters. The molecule has 0 unspecified atom stereocenters. The normalized spacial score (nSPS) is 12.4. The molecule has 1 heterocycles. The molecule has 0 saturated heterocycles. The maximum Gasteiger partial charge on any atom is 0.125 e. The van der Waals surface area contributed by atoms with Gasteiger partial charge < -0.3 is 4.57 Å². The lowest BCUT2D eigenvalue weighted by atomic mass is 10.2. The lowest BCUT2D eigenvalue weighted by Gasteiger charge is -2.05. The lowest BCUT2D eigenvalue weighted by Crippen LogP contribution is -1.98. The predicted octanol–water partition coefficient (Wildman–Crippen LogP) is 3.86. The monoisotopic (exact) mass is 242 g/mol. The first-order valence-electron chi connectivity index (χ1n) is 5.79. The van der Waals surface area contributed by atoms with Crippen LogP contribution in [0.4, 0.5) is 4.39 Å². The van der Waals surface area contributed by atoms with Gasteiger partial charge in [-0.1, -0.05) is 30.9 Å². The highest BCUT2D eigenvalue weighted by Crippen LogP contribution is 2.16. The molecule has 0 aliphatic rings. The summed E-state index contributed by atoms with van der Waals surface area (Å²) in [4.78, 5) is 4.20. The van der Waals surface area contributed by atoms with E-state index in [9.17, 15) is 4.39 Å². The number of hydrogen-bond donors (Lipinski definition) is 0. The van der Waals surface area contributed by atoms with Crippen molar-refractivity contribution < 1.29 is 4.39 Å². The summed E-state index contributed by atoms with van der Waals surface area (Å²) >= 11 is 0. The quantitative estimate of drug-likeness (QED) is 0.744. The summed E-state index contributed by atoms with van der Waals surface area (Å²) < 4.78 is 15.1. The Bertz CT molecular complexity index is 620. The molecule has 0 bridgehead atoms. The molecule has 0 aliphatic carbocycles. The molecule has 18 heavy (non-hydrogen) atoms. The molecule has 2 rings (SSSR count). The molecule has 3 heteroatoms. The SMILES string of the molecule is C=C/C=C(\C=C/C)Cn1cnc2cc(F)ccc21. The Labute approximate surface area is 106 Å². The summed E-state index contributed by atoms with van der Waals surface area (Å²) in [6, 6.07) is 4.64. The van der Waals surface area contributed by atoms with Crippen molar-refractivity contribution in [1.82, 2.24) is 9.55 Å². The van der Waals surface area contributed by atoms with E-state index in [4.69, 9.17) is 0 Å². The molecular weight excluding hydrogens is 227 g/mol. The van der Waals surface area contributed by atoms with Gasteiger partial charge in [0, 0.05) is 12.6 Å². The zero-order chi connectivity index (χ0) is 13.0. The highest BCUT2D eigenvalue weighted by molar-refractivity contribution is 5.75. The molecule has 0 aliphatic heterocycles. The molecule has 0 radical (unpaired) electrons. The van der Waals surface area contributed by atoms with Crippen molar-refractivity contribution in [3.05, 3.63) is 66.8 Å². The van der Waals surface area contributed by atoms with E-state index in [0.717, 1.165) is 11.1 Å². The van der Waals surface area contributed by atoms with Gasteiger partial charge in [0.05, 0.1) is 17.4 Å². The first-order chi connectivity index (χ1) is 8.74. The van der Waals surface area contributed by atoms with Crippen molar-refractivity contribution in [3.63, 3.8) is 0 Å². The number of halogens is 1. The summed E-state index contributed by atoms with van der Waals surface area (Å²) in [6.07, 6.45) is 9.44. The number of rotatable bonds is 4. The van der Waals surface area contributed by atoms with Crippen LogP contribution < -0.4 is 0 Å². The Hall–Kier alpha value is -2.16. The summed E-state index contributed by atoms with van der Waals surface area (Å²) in [5, 5.41) is 0. The van der Waals surface area contributed by atoms with Gasteiger partial charge in [0.1, 0.15) is 5.82 Å². The number of benzene rings is 1. The van der Waals surface area contributed by atoms with E-state index in [0.29, 0.717) is 12.1 Å². The molecule has 2 aromatic rings. The van der Waals surface area contributed by atoms with Gasteiger partial charge in [0.25, 0.3) is 0 Å². The van der Waals surface area contributed by atoms with Crippen LogP contribution in [0.3, 0.4) is 0 Å². The van der Waals surface area contributed by atoms with Gasteiger partial charge in [0.2, 0.25) is 0 Å². The van der Waals surface area contributed by atoms with Crippen LogP contribution in [-0.4, -0.2) is 9.55 Å².